The molecule has 8 aromatic carbocycles. The Labute approximate surface area is 317 Å². The second-order valence-electron chi connectivity index (χ2n) is 13.2. The number of para-hydroxylation sites is 2. The zero-order chi connectivity index (χ0) is 36.9. The molecule has 0 saturated heterocycles. The Kier molecular flexibility index (Phi) is 9.60. The molecule has 8 aromatic rings. The Morgan fingerprint density at radius 1 is 0.463 bits per heavy atom. The van der Waals surface area contributed by atoms with Crippen molar-refractivity contribution in [3.63, 3.8) is 0 Å². The van der Waals surface area contributed by atoms with Crippen LogP contribution in [0.5, 0.6) is 0 Å². The van der Waals surface area contributed by atoms with Crippen LogP contribution in [-0.2, 0) is 0 Å². The van der Waals surface area contributed by atoms with Crippen molar-refractivity contribution in [2.24, 2.45) is 4.99 Å². The van der Waals surface area contributed by atoms with Crippen LogP contribution in [0.15, 0.2) is 205 Å². The third kappa shape index (κ3) is 6.55. The van der Waals surface area contributed by atoms with Gasteiger partial charge in [0.2, 0.25) is 0 Å². The van der Waals surface area contributed by atoms with Gasteiger partial charge in [0.05, 0.1) is 11.4 Å². The first-order chi connectivity index (χ1) is 26.6. The van der Waals surface area contributed by atoms with E-state index in [-0.39, 0.29) is 0 Å². The van der Waals surface area contributed by atoms with Gasteiger partial charge >= 0.3 is 0 Å². The number of nitrogens with zero attached hydrogens (tertiary/aromatic N) is 2. The molecule has 0 saturated carbocycles. The first-order valence-corrected chi connectivity index (χ1v) is 18.1. The summed E-state index contributed by atoms with van der Waals surface area (Å²) in [4.78, 5) is 6.41. The molecular formula is C51H39N3. The molecule has 0 unspecified atom stereocenters. The number of hydrogen-bond acceptors (Lipinski definition) is 3. The maximum absolute atomic E-state index is 9.15. The van der Waals surface area contributed by atoms with Gasteiger partial charge in [0.1, 0.15) is 0 Å². The molecule has 0 aromatic heterocycles. The molecular weight excluding hydrogens is 655 g/mol. The highest BCUT2D eigenvalue weighted by molar-refractivity contribution is 6.14. The second kappa shape index (κ2) is 15.2. The Hall–Kier alpha value is -7.10. The molecule has 0 aliphatic heterocycles. The summed E-state index contributed by atoms with van der Waals surface area (Å²) in [5.74, 6) is 0. The lowest BCUT2D eigenvalue weighted by Gasteiger charge is -2.28. The molecule has 0 aliphatic rings. The van der Waals surface area contributed by atoms with Gasteiger partial charge in [-0.25, -0.2) is 0 Å². The molecule has 0 amide bonds. The van der Waals surface area contributed by atoms with Crippen molar-refractivity contribution in [2.75, 3.05) is 11.9 Å². The molecule has 258 valence electrons. The van der Waals surface area contributed by atoms with Crippen LogP contribution in [0.1, 0.15) is 11.1 Å². The molecule has 0 aliphatic carbocycles. The molecule has 0 bridgehead atoms. The number of benzene rings is 8. The van der Waals surface area contributed by atoms with Crippen molar-refractivity contribution < 1.29 is 0 Å². The fourth-order valence-electron chi connectivity index (χ4n) is 7.43. The molecule has 3 heteroatoms. The molecule has 0 fully saturated rings. The van der Waals surface area contributed by atoms with E-state index in [9.17, 15) is 0 Å². The lowest BCUT2D eigenvalue weighted by molar-refractivity contribution is 1.21. The predicted molar refractivity (Wildman–Crippen MR) is 230 cm³/mol. The molecule has 0 heterocycles. The van der Waals surface area contributed by atoms with Crippen LogP contribution < -0.4 is 4.90 Å². The van der Waals surface area contributed by atoms with Crippen molar-refractivity contribution in [2.45, 2.75) is 0 Å². The first-order valence-electron chi connectivity index (χ1n) is 18.1. The maximum atomic E-state index is 9.15. The van der Waals surface area contributed by atoms with Crippen molar-refractivity contribution in [3.05, 3.63) is 211 Å². The van der Waals surface area contributed by atoms with E-state index in [1.54, 1.807) is 0 Å². The van der Waals surface area contributed by atoms with Crippen molar-refractivity contribution >= 4 is 29.5 Å². The first kappa shape index (κ1) is 34.0. The van der Waals surface area contributed by atoms with Gasteiger partial charge in [0.15, 0.2) is 0 Å². The molecule has 0 radical (unpaired) electrons. The van der Waals surface area contributed by atoms with Crippen LogP contribution in [0.25, 0.3) is 55.6 Å². The largest absolute Gasteiger partial charge is 0.344 e. The standard InChI is InChI=1S/C51H39N3/c1-53-46-32-17-15-31-43(46)51(52)40-28-19-29-41(34-40)54(2)47-33-18-16-30-42(47)45-35-44(36-20-7-3-8-21-36)48(37-22-9-4-10-23-37)50(39-26-13-6-14-27-39)49(45)38-24-11-5-12-25-38/h3-35,52H,1H2,2H3. The summed E-state index contributed by atoms with van der Waals surface area (Å²) >= 11 is 0. The van der Waals surface area contributed by atoms with E-state index in [0.717, 1.165) is 61.4 Å². The summed E-state index contributed by atoms with van der Waals surface area (Å²) in [5.41, 5.74) is 16.3. The molecule has 54 heavy (non-hydrogen) atoms. The minimum absolute atomic E-state index is 0.407. The van der Waals surface area contributed by atoms with Gasteiger partial charge in [0.25, 0.3) is 0 Å². The summed E-state index contributed by atoms with van der Waals surface area (Å²) < 4.78 is 0. The van der Waals surface area contributed by atoms with Crippen LogP contribution in [-0.4, -0.2) is 19.5 Å². The fourth-order valence-corrected chi connectivity index (χ4v) is 7.43. The summed E-state index contributed by atoms with van der Waals surface area (Å²) in [6, 6.07) is 70.0. The highest BCUT2D eigenvalue weighted by Gasteiger charge is 2.25. The SMILES string of the molecule is C=Nc1ccccc1C(=N)c1cccc(N(C)c2ccccc2-c2cc(-c3ccccc3)c(-c3ccccc3)c(-c3ccccc3)c2-c2ccccc2)c1. The topological polar surface area (TPSA) is 39.5 Å². The van der Waals surface area contributed by atoms with Gasteiger partial charge in [-0.05, 0) is 87.1 Å². The third-order valence-electron chi connectivity index (χ3n) is 10.0. The van der Waals surface area contributed by atoms with E-state index in [1.807, 2.05) is 36.4 Å². The maximum Gasteiger partial charge on any atom is 0.0716 e. The smallest absolute Gasteiger partial charge is 0.0716 e. The van der Waals surface area contributed by atoms with E-state index in [2.05, 4.69) is 187 Å². The monoisotopic (exact) mass is 693 g/mol. The fraction of sp³-hybridized carbons (Fsp3) is 0.0196. The van der Waals surface area contributed by atoms with Crippen LogP contribution in [0.3, 0.4) is 0 Å². The van der Waals surface area contributed by atoms with Crippen molar-refractivity contribution in [3.8, 4) is 55.6 Å². The van der Waals surface area contributed by atoms with Crippen molar-refractivity contribution in [1.29, 1.82) is 5.41 Å². The summed E-state index contributed by atoms with van der Waals surface area (Å²) in [6.07, 6.45) is 0. The second-order valence-corrected chi connectivity index (χ2v) is 13.2. The number of anilines is 2. The summed E-state index contributed by atoms with van der Waals surface area (Å²) in [6.45, 7) is 3.74. The third-order valence-corrected chi connectivity index (χ3v) is 10.0. The minimum Gasteiger partial charge on any atom is -0.344 e. The normalized spacial score (nSPS) is 10.8. The van der Waals surface area contributed by atoms with E-state index in [0.29, 0.717) is 11.4 Å². The van der Waals surface area contributed by atoms with Crippen LogP contribution in [0.2, 0.25) is 0 Å². The quantitative estimate of drug-likeness (QED) is 0.142. The van der Waals surface area contributed by atoms with Crippen molar-refractivity contribution in [1.82, 2.24) is 0 Å². The van der Waals surface area contributed by atoms with Gasteiger partial charge in [-0.15, -0.1) is 0 Å². The van der Waals surface area contributed by atoms with E-state index >= 15 is 0 Å². The lowest BCUT2D eigenvalue weighted by atomic mass is 9.78. The molecule has 1 N–H and O–H groups in total. The van der Waals surface area contributed by atoms with E-state index in [1.165, 1.54) is 16.7 Å². The Morgan fingerprint density at radius 3 is 1.57 bits per heavy atom. The average Bonchev–Trinajstić information content (AvgIpc) is 3.26. The molecule has 0 spiro atoms. The van der Waals surface area contributed by atoms with E-state index < -0.39 is 0 Å². The Morgan fingerprint density at radius 2 is 0.963 bits per heavy atom. The molecule has 8 rings (SSSR count). The Bertz CT molecular complexity index is 2580. The number of aliphatic imine (C=N–C) groups is 1. The highest BCUT2D eigenvalue weighted by Crippen LogP contribution is 2.51. The van der Waals surface area contributed by atoms with Crippen LogP contribution in [0, 0.1) is 5.41 Å². The van der Waals surface area contributed by atoms with Gasteiger partial charge in [-0.3, -0.25) is 10.4 Å². The lowest BCUT2D eigenvalue weighted by Crippen LogP contribution is -2.12. The highest BCUT2D eigenvalue weighted by atomic mass is 15.1. The van der Waals surface area contributed by atoms with Gasteiger partial charge in [0, 0.05) is 35.1 Å². The van der Waals surface area contributed by atoms with Gasteiger partial charge in [-0.2, -0.15) is 0 Å². The van der Waals surface area contributed by atoms with Gasteiger partial charge in [-0.1, -0.05) is 170 Å². The van der Waals surface area contributed by atoms with Gasteiger partial charge < -0.3 is 4.90 Å². The predicted octanol–water partition coefficient (Wildman–Crippen LogP) is 13.5. The summed E-state index contributed by atoms with van der Waals surface area (Å²) in [7, 11) is 2.11. The summed E-state index contributed by atoms with van der Waals surface area (Å²) in [5, 5.41) is 9.15. The number of nitrogens with one attached hydrogen (secondary N) is 1. The zero-order valence-corrected chi connectivity index (χ0v) is 30.2. The minimum atomic E-state index is 0.407. The zero-order valence-electron chi connectivity index (χ0n) is 30.2. The molecule has 3 nitrogen and oxygen atoms in total. The van der Waals surface area contributed by atoms with Crippen LogP contribution in [0.4, 0.5) is 17.1 Å². The van der Waals surface area contributed by atoms with Crippen LogP contribution >= 0.6 is 0 Å². The average molecular weight is 694 g/mol. The number of rotatable bonds is 10. The number of hydrogen-bond donors (Lipinski definition) is 1. The Balaban J connectivity index is 1.40. The molecule has 0 atom stereocenters. The van der Waals surface area contributed by atoms with E-state index in [4.69, 9.17) is 5.41 Å².